The molecule has 2 aromatic carbocycles. The topological polar surface area (TPSA) is 55.4 Å². The van der Waals surface area contributed by atoms with Crippen LogP contribution in [0.4, 0.5) is 0 Å². The van der Waals surface area contributed by atoms with Crippen molar-refractivity contribution in [3.05, 3.63) is 58.6 Å². The summed E-state index contributed by atoms with van der Waals surface area (Å²) >= 11 is 3.37. The molecule has 1 fully saturated rings. The SMILES string of the molecule is O=C(N[C@@H]1CCCC1=O)c1ccc(Oc2ccc(Br)cc2)cc1. The quantitative estimate of drug-likeness (QED) is 0.877. The monoisotopic (exact) mass is 373 g/mol. The third-order valence-corrected chi connectivity index (χ3v) is 4.30. The lowest BCUT2D eigenvalue weighted by atomic mass is 10.1. The number of rotatable bonds is 4. The number of ether oxygens (including phenoxy) is 1. The molecule has 4 nitrogen and oxygen atoms in total. The van der Waals surface area contributed by atoms with Gasteiger partial charge in [0.1, 0.15) is 11.5 Å². The summed E-state index contributed by atoms with van der Waals surface area (Å²) in [7, 11) is 0. The molecule has 0 radical (unpaired) electrons. The fourth-order valence-corrected chi connectivity index (χ4v) is 2.79. The number of Topliss-reactive ketones (excluding diaryl/α,β-unsaturated/α-hetero) is 1. The van der Waals surface area contributed by atoms with Gasteiger partial charge >= 0.3 is 0 Å². The minimum atomic E-state index is -0.332. The average molecular weight is 374 g/mol. The fraction of sp³-hybridized carbons (Fsp3) is 0.222. The highest BCUT2D eigenvalue weighted by molar-refractivity contribution is 9.10. The van der Waals surface area contributed by atoms with Crippen molar-refractivity contribution in [2.75, 3.05) is 0 Å². The number of benzene rings is 2. The van der Waals surface area contributed by atoms with Crippen molar-refractivity contribution in [3.8, 4) is 11.5 Å². The molecular weight excluding hydrogens is 358 g/mol. The smallest absolute Gasteiger partial charge is 0.251 e. The third kappa shape index (κ3) is 3.99. The average Bonchev–Trinajstić information content (AvgIpc) is 2.95. The van der Waals surface area contributed by atoms with E-state index in [1.54, 1.807) is 24.3 Å². The second-order valence-corrected chi connectivity index (χ2v) is 6.38. The zero-order valence-electron chi connectivity index (χ0n) is 12.4. The molecule has 0 spiro atoms. The number of carbonyl (C=O) groups is 2. The maximum atomic E-state index is 12.1. The summed E-state index contributed by atoms with van der Waals surface area (Å²) in [5.41, 5.74) is 0.521. The molecule has 1 saturated carbocycles. The summed E-state index contributed by atoms with van der Waals surface area (Å²) in [4.78, 5) is 23.7. The minimum Gasteiger partial charge on any atom is -0.457 e. The van der Waals surface area contributed by atoms with E-state index in [4.69, 9.17) is 4.74 Å². The Bertz CT molecular complexity index is 710. The van der Waals surface area contributed by atoms with Crippen LogP contribution in [-0.2, 0) is 4.79 Å². The van der Waals surface area contributed by atoms with Crippen LogP contribution in [0.25, 0.3) is 0 Å². The minimum absolute atomic E-state index is 0.119. The first kappa shape index (κ1) is 15.7. The number of nitrogens with one attached hydrogen (secondary N) is 1. The zero-order valence-corrected chi connectivity index (χ0v) is 14.0. The molecule has 5 heteroatoms. The predicted octanol–water partition coefficient (Wildman–Crippen LogP) is 4.09. The van der Waals surface area contributed by atoms with Crippen molar-refractivity contribution < 1.29 is 14.3 Å². The largest absolute Gasteiger partial charge is 0.457 e. The van der Waals surface area contributed by atoms with Crippen molar-refractivity contribution in [2.24, 2.45) is 0 Å². The molecule has 1 amide bonds. The van der Waals surface area contributed by atoms with Crippen LogP contribution in [0.15, 0.2) is 53.0 Å². The number of amides is 1. The second kappa shape index (κ2) is 6.96. The summed E-state index contributed by atoms with van der Waals surface area (Å²) < 4.78 is 6.70. The van der Waals surface area contributed by atoms with Gasteiger partial charge in [-0.3, -0.25) is 9.59 Å². The van der Waals surface area contributed by atoms with Gasteiger partial charge in [-0.1, -0.05) is 15.9 Å². The first-order chi connectivity index (χ1) is 11.1. The molecule has 0 bridgehead atoms. The normalized spacial score (nSPS) is 17.1. The van der Waals surface area contributed by atoms with Crippen LogP contribution in [0.2, 0.25) is 0 Å². The number of carbonyl (C=O) groups excluding carboxylic acids is 2. The molecule has 1 aliphatic carbocycles. The Balaban J connectivity index is 1.63. The first-order valence-electron chi connectivity index (χ1n) is 7.49. The molecule has 0 unspecified atom stereocenters. The van der Waals surface area contributed by atoms with E-state index >= 15 is 0 Å². The molecule has 1 atom stereocenters. The Morgan fingerprint density at radius 1 is 1.04 bits per heavy atom. The lowest BCUT2D eigenvalue weighted by Crippen LogP contribution is -2.37. The van der Waals surface area contributed by atoms with Crippen molar-refractivity contribution in [1.82, 2.24) is 5.32 Å². The predicted molar refractivity (Wildman–Crippen MR) is 90.8 cm³/mol. The number of hydrogen-bond acceptors (Lipinski definition) is 3. The van der Waals surface area contributed by atoms with Crippen molar-refractivity contribution in [1.29, 1.82) is 0 Å². The molecule has 2 aromatic rings. The Kier molecular flexibility index (Phi) is 4.76. The third-order valence-electron chi connectivity index (χ3n) is 3.78. The van der Waals surface area contributed by atoms with Gasteiger partial charge in [-0.2, -0.15) is 0 Å². The van der Waals surface area contributed by atoms with Crippen LogP contribution in [0.1, 0.15) is 29.6 Å². The Labute approximate surface area is 143 Å². The molecule has 0 saturated heterocycles. The molecule has 23 heavy (non-hydrogen) atoms. The molecule has 3 rings (SSSR count). The number of hydrogen-bond donors (Lipinski definition) is 1. The maximum absolute atomic E-state index is 12.1. The van der Waals surface area contributed by atoms with Crippen molar-refractivity contribution >= 4 is 27.6 Å². The van der Waals surface area contributed by atoms with Gasteiger partial charge in [-0.05, 0) is 61.4 Å². The standard InChI is InChI=1S/C18H16BrNO3/c19-13-6-10-15(11-7-13)23-14-8-4-12(5-9-14)18(22)20-16-2-1-3-17(16)21/h4-11,16H,1-3H2,(H,20,22)/t16-/m1/s1. The zero-order chi connectivity index (χ0) is 16.2. The van der Waals surface area contributed by atoms with Gasteiger partial charge in [-0.15, -0.1) is 0 Å². The Morgan fingerprint density at radius 3 is 2.22 bits per heavy atom. The summed E-state index contributed by atoms with van der Waals surface area (Å²) in [6.45, 7) is 0. The Hall–Kier alpha value is -2.14. The number of halogens is 1. The maximum Gasteiger partial charge on any atom is 0.251 e. The van der Waals surface area contributed by atoms with Crippen molar-refractivity contribution in [2.45, 2.75) is 25.3 Å². The lowest BCUT2D eigenvalue weighted by Gasteiger charge is -2.11. The van der Waals surface area contributed by atoms with Gasteiger partial charge in [0, 0.05) is 16.5 Å². The van der Waals surface area contributed by atoms with Gasteiger partial charge in [0.25, 0.3) is 5.91 Å². The van der Waals surface area contributed by atoms with Gasteiger partial charge in [-0.25, -0.2) is 0 Å². The van der Waals surface area contributed by atoms with Crippen LogP contribution in [0, 0.1) is 0 Å². The highest BCUT2D eigenvalue weighted by Crippen LogP contribution is 2.23. The van der Waals surface area contributed by atoms with Crippen LogP contribution >= 0.6 is 15.9 Å². The van der Waals surface area contributed by atoms with E-state index in [0.717, 1.165) is 23.1 Å². The molecular formula is C18H16BrNO3. The molecule has 0 aromatic heterocycles. The highest BCUT2D eigenvalue weighted by Gasteiger charge is 2.26. The number of ketones is 1. The summed E-state index contributed by atoms with van der Waals surface area (Å²) in [6.07, 6.45) is 2.14. The molecule has 0 heterocycles. The van der Waals surface area contributed by atoms with Crippen molar-refractivity contribution in [3.63, 3.8) is 0 Å². The van der Waals surface area contributed by atoms with Gasteiger partial charge in [0.15, 0.2) is 5.78 Å². The Morgan fingerprint density at radius 2 is 1.65 bits per heavy atom. The fourth-order valence-electron chi connectivity index (χ4n) is 2.52. The summed E-state index contributed by atoms with van der Waals surface area (Å²) in [5.74, 6) is 1.27. The van der Waals surface area contributed by atoms with Crippen LogP contribution in [0.5, 0.6) is 11.5 Å². The second-order valence-electron chi connectivity index (χ2n) is 5.46. The van der Waals surface area contributed by atoms with Gasteiger partial charge in [0.2, 0.25) is 0 Å². The van der Waals surface area contributed by atoms with E-state index in [1.807, 2.05) is 24.3 Å². The van der Waals surface area contributed by atoms with Crippen LogP contribution in [-0.4, -0.2) is 17.7 Å². The molecule has 118 valence electrons. The van der Waals surface area contributed by atoms with E-state index < -0.39 is 0 Å². The van der Waals surface area contributed by atoms with E-state index in [1.165, 1.54) is 0 Å². The first-order valence-corrected chi connectivity index (χ1v) is 8.28. The molecule has 1 N–H and O–H groups in total. The molecule has 0 aliphatic heterocycles. The van der Waals surface area contributed by atoms with Crippen LogP contribution in [0.3, 0.4) is 0 Å². The van der Waals surface area contributed by atoms with E-state index in [9.17, 15) is 9.59 Å². The highest BCUT2D eigenvalue weighted by atomic mass is 79.9. The van der Waals surface area contributed by atoms with E-state index in [0.29, 0.717) is 17.7 Å². The molecule has 1 aliphatic rings. The summed E-state index contributed by atoms with van der Waals surface area (Å²) in [6, 6.07) is 14.1. The summed E-state index contributed by atoms with van der Waals surface area (Å²) in [5, 5.41) is 2.79. The van der Waals surface area contributed by atoms with E-state index in [2.05, 4.69) is 21.2 Å². The van der Waals surface area contributed by atoms with Gasteiger partial charge < -0.3 is 10.1 Å². The van der Waals surface area contributed by atoms with Gasteiger partial charge in [0.05, 0.1) is 6.04 Å². The lowest BCUT2D eigenvalue weighted by molar-refractivity contribution is -0.118. The van der Waals surface area contributed by atoms with Crippen LogP contribution < -0.4 is 10.1 Å². The van der Waals surface area contributed by atoms with E-state index in [-0.39, 0.29) is 17.7 Å².